The zero-order valence-electron chi connectivity index (χ0n) is 16.9. The lowest BCUT2D eigenvalue weighted by Gasteiger charge is -2.25. The van der Waals surface area contributed by atoms with Crippen LogP contribution in [0, 0.1) is 0 Å². The molecular formula is C18H30IN7OS. The number of aryl methyl sites for hydroxylation is 1. The fraction of sp³-hybridized carbons (Fsp3) is 0.667. The first-order chi connectivity index (χ1) is 13.1. The molecule has 8 nitrogen and oxygen atoms in total. The maximum absolute atomic E-state index is 5.12. The van der Waals surface area contributed by atoms with Gasteiger partial charge in [-0.3, -0.25) is 4.99 Å². The number of thiazole rings is 1. The highest BCUT2D eigenvalue weighted by Gasteiger charge is 2.22. The molecule has 0 bridgehead atoms. The largest absolute Gasteiger partial charge is 0.377 e. The summed E-state index contributed by atoms with van der Waals surface area (Å²) in [5, 5.41) is 14.8. The van der Waals surface area contributed by atoms with Gasteiger partial charge in [-0.15, -0.1) is 35.3 Å². The van der Waals surface area contributed by atoms with Crippen molar-refractivity contribution in [2.75, 3.05) is 20.7 Å². The van der Waals surface area contributed by atoms with E-state index in [1.807, 2.05) is 4.68 Å². The van der Waals surface area contributed by atoms with Crippen LogP contribution in [-0.4, -0.2) is 52.5 Å². The molecule has 0 amide bonds. The summed E-state index contributed by atoms with van der Waals surface area (Å²) in [6.45, 7) is 6.40. The molecule has 0 saturated heterocycles. The number of aliphatic imine (C=N–C) groups is 1. The third-order valence-corrected chi connectivity index (χ3v) is 5.67. The lowest BCUT2D eigenvalue weighted by molar-refractivity contribution is 0.177. The van der Waals surface area contributed by atoms with Crippen LogP contribution in [0.25, 0.3) is 0 Å². The molecule has 2 aromatic heterocycles. The average Bonchev–Trinajstić information content (AvgIpc) is 3.27. The van der Waals surface area contributed by atoms with Crippen molar-refractivity contribution < 1.29 is 4.74 Å². The fourth-order valence-electron chi connectivity index (χ4n) is 3.07. The monoisotopic (exact) mass is 519 g/mol. The van der Waals surface area contributed by atoms with Crippen LogP contribution in [0.2, 0.25) is 0 Å². The number of aromatic nitrogens is 4. The van der Waals surface area contributed by atoms with Gasteiger partial charge in [-0.25, -0.2) is 14.6 Å². The number of ether oxygens (including phenoxy) is 1. The predicted octanol–water partition coefficient (Wildman–Crippen LogP) is 2.34. The number of hydrogen-bond donors (Lipinski definition) is 2. The summed E-state index contributed by atoms with van der Waals surface area (Å²) in [5.41, 5.74) is 1.14. The SMILES string of the molecule is CN=C(NCCc1csc(C(C)C)n1)NC1CCc2nc(COC)nn2C1.I. The highest BCUT2D eigenvalue weighted by molar-refractivity contribution is 14.0. The van der Waals surface area contributed by atoms with Crippen molar-refractivity contribution >= 4 is 41.3 Å². The van der Waals surface area contributed by atoms with Gasteiger partial charge in [0.05, 0.1) is 17.2 Å². The van der Waals surface area contributed by atoms with Crippen LogP contribution >= 0.6 is 35.3 Å². The van der Waals surface area contributed by atoms with Crippen molar-refractivity contribution in [3.63, 3.8) is 0 Å². The second kappa shape index (κ2) is 11.1. The van der Waals surface area contributed by atoms with E-state index in [0.29, 0.717) is 12.5 Å². The topological polar surface area (TPSA) is 89.2 Å². The van der Waals surface area contributed by atoms with Crippen LogP contribution in [0.3, 0.4) is 0 Å². The van der Waals surface area contributed by atoms with Crippen molar-refractivity contribution in [3.05, 3.63) is 27.7 Å². The van der Waals surface area contributed by atoms with Gasteiger partial charge in [0.1, 0.15) is 12.4 Å². The number of methoxy groups -OCH3 is 1. The molecule has 156 valence electrons. The molecule has 0 fully saturated rings. The summed E-state index contributed by atoms with van der Waals surface area (Å²) in [6.07, 6.45) is 2.81. The fourth-order valence-corrected chi connectivity index (χ4v) is 3.94. The predicted molar refractivity (Wildman–Crippen MR) is 123 cm³/mol. The second-order valence-corrected chi connectivity index (χ2v) is 7.91. The maximum Gasteiger partial charge on any atom is 0.191 e. The van der Waals surface area contributed by atoms with Crippen LogP contribution in [-0.2, 0) is 30.7 Å². The first-order valence-electron chi connectivity index (χ1n) is 9.42. The number of guanidine groups is 1. The minimum Gasteiger partial charge on any atom is -0.377 e. The first-order valence-corrected chi connectivity index (χ1v) is 10.3. The molecule has 2 aromatic rings. The van der Waals surface area contributed by atoms with Crippen molar-refractivity contribution in [2.45, 2.75) is 58.2 Å². The van der Waals surface area contributed by atoms with E-state index in [9.17, 15) is 0 Å². The van der Waals surface area contributed by atoms with Gasteiger partial charge in [-0.1, -0.05) is 13.8 Å². The normalized spacial score (nSPS) is 16.6. The Kier molecular flexibility index (Phi) is 9.09. The standard InChI is InChI=1S/C18H29N7OS.HI/c1-12(2)17-21-14(11-27-17)7-8-20-18(19-3)22-13-5-6-16-23-15(10-26-4)24-25(16)9-13;/h11-13H,5-10H2,1-4H3,(H2,19,20,22);1H. The number of nitrogens with one attached hydrogen (secondary N) is 2. The van der Waals surface area contributed by atoms with Crippen molar-refractivity contribution in [2.24, 2.45) is 4.99 Å². The van der Waals surface area contributed by atoms with Gasteiger partial charge in [-0.2, -0.15) is 5.10 Å². The van der Waals surface area contributed by atoms with Crippen molar-refractivity contribution in [1.29, 1.82) is 0 Å². The summed E-state index contributed by atoms with van der Waals surface area (Å²) >= 11 is 1.74. The van der Waals surface area contributed by atoms with Gasteiger partial charge in [-0.05, 0) is 6.42 Å². The molecule has 0 radical (unpaired) electrons. The van der Waals surface area contributed by atoms with E-state index in [1.54, 1.807) is 25.5 Å². The minimum absolute atomic E-state index is 0. The average molecular weight is 519 g/mol. The quantitative estimate of drug-likeness (QED) is 0.332. The highest BCUT2D eigenvalue weighted by Crippen LogP contribution is 2.19. The summed E-state index contributed by atoms with van der Waals surface area (Å²) in [7, 11) is 3.46. The number of fused-ring (bicyclic) bond motifs is 1. The molecule has 0 aliphatic carbocycles. The van der Waals surface area contributed by atoms with Gasteiger partial charge < -0.3 is 15.4 Å². The molecule has 0 saturated carbocycles. The van der Waals surface area contributed by atoms with Gasteiger partial charge in [0.25, 0.3) is 0 Å². The van der Waals surface area contributed by atoms with Gasteiger partial charge in [0.15, 0.2) is 11.8 Å². The molecular weight excluding hydrogens is 489 g/mol. The lowest BCUT2D eigenvalue weighted by atomic mass is 10.1. The van der Waals surface area contributed by atoms with Gasteiger partial charge in [0, 0.05) is 50.9 Å². The molecule has 1 aliphatic heterocycles. The number of halogens is 1. The maximum atomic E-state index is 5.12. The minimum atomic E-state index is 0. The summed E-state index contributed by atoms with van der Waals surface area (Å²) < 4.78 is 7.10. The van der Waals surface area contributed by atoms with Crippen LogP contribution in [0.4, 0.5) is 0 Å². The molecule has 3 heterocycles. The van der Waals surface area contributed by atoms with E-state index in [1.165, 1.54) is 5.01 Å². The summed E-state index contributed by atoms with van der Waals surface area (Å²) in [6, 6.07) is 0.285. The number of hydrogen-bond acceptors (Lipinski definition) is 6. The zero-order valence-corrected chi connectivity index (χ0v) is 20.1. The van der Waals surface area contributed by atoms with E-state index >= 15 is 0 Å². The molecule has 10 heteroatoms. The Bertz CT molecular complexity index is 774. The van der Waals surface area contributed by atoms with Crippen molar-refractivity contribution in [3.8, 4) is 0 Å². The molecule has 0 spiro atoms. The third-order valence-electron chi connectivity index (χ3n) is 4.48. The first kappa shape index (κ1) is 23.0. The Morgan fingerprint density at radius 3 is 2.93 bits per heavy atom. The Morgan fingerprint density at radius 2 is 2.25 bits per heavy atom. The lowest BCUT2D eigenvalue weighted by Crippen LogP contribution is -2.47. The van der Waals surface area contributed by atoms with Crippen molar-refractivity contribution in [1.82, 2.24) is 30.4 Å². The zero-order chi connectivity index (χ0) is 19.2. The Hall–Kier alpha value is -1.27. The Morgan fingerprint density at radius 1 is 1.43 bits per heavy atom. The molecule has 1 atom stereocenters. The smallest absolute Gasteiger partial charge is 0.191 e. The van der Waals surface area contributed by atoms with Crippen LogP contribution in [0.1, 0.15) is 48.5 Å². The molecule has 0 aromatic carbocycles. The number of rotatable bonds is 7. The molecule has 2 N–H and O–H groups in total. The van der Waals surface area contributed by atoms with E-state index in [4.69, 9.17) is 4.74 Å². The summed E-state index contributed by atoms with van der Waals surface area (Å²) in [5.74, 6) is 3.09. The third kappa shape index (κ3) is 6.11. The van der Waals surface area contributed by atoms with Crippen LogP contribution < -0.4 is 10.6 Å². The second-order valence-electron chi connectivity index (χ2n) is 7.02. The van der Waals surface area contributed by atoms with E-state index in [-0.39, 0.29) is 30.0 Å². The number of nitrogens with zero attached hydrogens (tertiary/aromatic N) is 5. The van der Waals surface area contributed by atoms with Gasteiger partial charge in [0.2, 0.25) is 0 Å². The van der Waals surface area contributed by atoms with Crippen LogP contribution in [0.5, 0.6) is 0 Å². The molecule has 28 heavy (non-hydrogen) atoms. The Balaban J connectivity index is 0.00000280. The molecule has 1 unspecified atom stereocenters. The molecule has 3 rings (SSSR count). The summed E-state index contributed by atoms with van der Waals surface area (Å²) in [4.78, 5) is 13.5. The highest BCUT2D eigenvalue weighted by atomic mass is 127. The van der Waals surface area contributed by atoms with E-state index < -0.39 is 0 Å². The molecule has 1 aliphatic rings. The van der Waals surface area contributed by atoms with Gasteiger partial charge >= 0.3 is 0 Å². The van der Waals surface area contributed by atoms with E-state index in [0.717, 1.165) is 55.7 Å². The van der Waals surface area contributed by atoms with E-state index in [2.05, 4.69) is 49.9 Å². The van der Waals surface area contributed by atoms with Crippen LogP contribution in [0.15, 0.2) is 10.4 Å². The Labute approximate surface area is 187 Å².